The molecular weight excluding hydrogens is 478 g/mol. The number of fused-ring (bicyclic) bond motifs is 5. The standard InChI is InChI=1S/C26H23N5O2S2/c1-16-8-10-18(11-9-16)30-23(33)22-19-12-13-29(2)14-21(19)35-24(22)31-25(30)27-28-26(31)34-15-20(32)17-6-4-3-5-7-17/h3-11H,12-15H2,1-2H3. The Morgan fingerprint density at radius 1 is 1.09 bits per heavy atom. The third-order valence-electron chi connectivity index (χ3n) is 6.39. The summed E-state index contributed by atoms with van der Waals surface area (Å²) < 4.78 is 3.62. The van der Waals surface area contributed by atoms with Crippen molar-refractivity contribution in [3.63, 3.8) is 0 Å². The summed E-state index contributed by atoms with van der Waals surface area (Å²) in [4.78, 5) is 31.0. The highest BCUT2D eigenvalue weighted by Gasteiger charge is 2.27. The van der Waals surface area contributed by atoms with Gasteiger partial charge in [0.1, 0.15) is 4.83 Å². The Labute approximate surface area is 210 Å². The normalized spacial score (nSPS) is 14.0. The lowest BCUT2D eigenvalue weighted by Crippen LogP contribution is -2.27. The SMILES string of the molecule is Cc1ccc(-n2c(=O)c3c4c(sc3n3c(SCC(=O)c5ccccc5)nnc23)CN(C)CC4)cc1. The van der Waals surface area contributed by atoms with Crippen molar-refractivity contribution in [3.8, 4) is 5.69 Å². The Morgan fingerprint density at radius 2 is 1.86 bits per heavy atom. The summed E-state index contributed by atoms with van der Waals surface area (Å²) in [7, 11) is 2.10. The van der Waals surface area contributed by atoms with Crippen LogP contribution in [0.15, 0.2) is 64.5 Å². The minimum absolute atomic E-state index is 0.0301. The maximum Gasteiger partial charge on any atom is 0.268 e. The van der Waals surface area contributed by atoms with Gasteiger partial charge in [-0.2, -0.15) is 0 Å². The van der Waals surface area contributed by atoms with Gasteiger partial charge in [-0.15, -0.1) is 21.5 Å². The van der Waals surface area contributed by atoms with E-state index in [0.717, 1.165) is 46.5 Å². The van der Waals surface area contributed by atoms with Gasteiger partial charge in [-0.1, -0.05) is 59.8 Å². The maximum atomic E-state index is 13.9. The highest BCUT2D eigenvalue weighted by molar-refractivity contribution is 7.99. The van der Waals surface area contributed by atoms with Crippen LogP contribution in [-0.4, -0.2) is 49.2 Å². The first-order chi connectivity index (χ1) is 17.0. The minimum Gasteiger partial charge on any atom is -0.301 e. The molecule has 176 valence electrons. The minimum atomic E-state index is -0.0669. The highest BCUT2D eigenvalue weighted by atomic mass is 32.2. The number of Topliss-reactive ketones (excluding diaryl/α,β-unsaturated/α-hetero) is 1. The Hall–Kier alpha value is -3.27. The molecule has 0 N–H and O–H groups in total. The van der Waals surface area contributed by atoms with Crippen LogP contribution in [-0.2, 0) is 13.0 Å². The molecule has 0 bridgehead atoms. The molecule has 6 rings (SSSR count). The summed E-state index contributed by atoms with van der Waals surface area (Å²) in [6, 6.07) is 17.1. The van der Waals surface area contributed by atoms with Gasteiger partial charge in [0.25, 0.3) is 5.56 Å². The number of hydrogen-bond donors (Lipinski definition) is 0. The predicted molar refractivity (Wildman–Crippen MR) is 140 cm³/mol. The number of benzene rings is 2. The number of thiophene rings is 1. The molecule has 35 heavy (non-hydrogen) atoms. The Balaban J connectivity index is 1.54. The van der Waals surface area contributed by atoms with Crippen LogP contribution in [0.3, 0.4) is 0 Å². The monoisotopic (exact) mass is 501 g/mol. The quantitative estimate of drug-likeness (QED) is 0.263. The molecule has 1 aliphatic heterocycles. The fourth-order valence-corrected chi connectivity index (χ4v) is 6.84. The van der Waals surface area contributed by atoms with E-state index in [-0.39, 0.29) is 17.1 Å². The number of carbonyl (C=O) groups excluding carboxylic acids is 1. The van der Waals surface area contributed by atoms with E-state index in [2.05, 4.69) is 22.1 Å². The van der Waals surface area contributed by atoms with Gasteiger partial charge in [-0.25, -0.2) is 8.97 Å². The van der Waals surface area contributed by atoms with Gasteiger partial charge in [0.15, 0.2) is 10.9 Å². The number of rotatable bonds is 5. The molecule has 0 saturated carbocycles. The average molecular weight is 502 g/mol. The lowest BCUT2D eigenvalue weighted by atomic mass is 10.1. The Kier molecular flexibility index (Phi) is 5.55. The molecule has 0 fully saturated rings. The summed E-state index contributed by atoms with van der Waals surface area (Å²) in [5.74, 6) is 0.736. The second-order valence-electron chi connectivity index (χ2n) is 8.84. The van der Waals surface area contributed by atoms with E-state index in [9.17, 15) is 9.59 Å². The Morgan fingerprint density at radius 3 is 2.63 bits per heavy atom. The molecule has 9 heteroatoms. The van der Waals surface area contributed by atoms with Gasteiger partial charge in [0.2, 0.25) is 5.78 Å². The lowest BCUT2D eigenvalue weighted by Gasteiger charge is -2.21. The number of thioether (sulfide) groups is 1. The van der Waals surface area contributed by atoms with Crippen LogP contribution in [0.25, 0.3) is 21.7 Å². The van der Waals surface area contributed by atoms with Crippen molar-refractivity contribution < 1.29 is 4.79 Å². The summed E-state index contributed by atoms with van der Waals surface area (Å²) in [6.07, 6.45) is 0.831. The fraction of sp³-hybridized carbons (Fsp3) is 0.231. The van der Waals surface area contributed by atoms with Crippen molar-refractivity contribution in [2.45, 2.75) is 25.0 Å². The first kappa shape index (κ1) is 22.2. The van der Waals surface area contributed by atoms with E-state index in [1.165, 1.54) is 16.6 Å². The molecule has 2 aromatic carbocycles. The zero-order valence-corrected chi connectivity index (χ0v) is 21.0. The van der Waals surface area contributed by atoms with Crippen LogP contribution in [0.5, 0.6) is 0 Å². The van der Waals surface area contributed by atoms with E-state index in [1.54, 1.807) is 15.9 Å². The van der Waals surface area contributed by atoms with Crippen molar-refractivity contribution in [1.82, 2.24) is 24.1 Å². The van der Waals surface area contributed by atoms with Gasteiger partial charge in [0, 0.05) is 23.5 Å². The first-order valence-electron chi connectivity index (χ1n) is 11.4. The molecule has 0 unspecified atom stereocenters. The molecule has 7 nitrogen and oxygen atoms in total. The lowest BCUT2D eigenvalue weighted by molar-refractivity contribution is 0.102. The average Bonchev–Trinajstić information content (AvgIpc) is 3.45. The fourth-order valence-electron chi connectivity index (χ4n) is 4.54. The van der Waals surface area contributed by atoms with Gasteiger partial charge >= 0.3 is 0 Å². The zero-order chi connectivity index (χ0) is 24.1. The van der Waals surface area contributed by atoms with E-state index in [4.69, 9.17) is 0 Å². The first-order valence-corrected chi connectivity index (χ1v) is 13.2. The van der Waals surface area contributed by atoms with Crippen molar-refractivity contribution in [2.75, 3.05) is 19.3 Å². The molecular formula is C26H23N5O2S2. The second-order valence-corrected chi connectivity index (χ2v) is 10.9. The zero-order valence-electron chi connectivity index (χ0n) is 19.4. The van der Waals surface area contributed by atoms with Gasteiger partial charge in [0.05, 0.1) is 16.8 Å². The Bertz CT molecular complexity index is 1630. The summed E-state index contributed by atoms with van der Waals surface area (Å²) in [5, 5.41) is 10.2. The number of hydrogen-bond acceptors (Lipinski definition) is 7. The van der Waals surface area contributed by atoms with Gasteiger partial charge in [-0.3, -0.25) is 9.59 Å². The van der Waals surface area contributed by atoms with Gasteiger partial charge in [-0.05, 0) is 38.1 Å². The maximum absolute atomic E-state index is 13.9. The molecule has 3 aromatic heterocycles. The van der Waals surface area contributed by atoms with Crippen molar-refractivity contribution in [2.24, 2.45) is 0 Å². The van der Waals surface area contributed by atoms with Crippen molar-refractivity contribution in [1.29, 1.82) is 0 Å². The van der Waals surface area contributed by atoms with Crippen LogP contribution in [0.4, 0.5) is 0 Å². The number of aromatic nitrogens is 4. The topological polar surface area (TPSA) is 72.5 Å². The number of ketones is 1. The van der Waals surface area contributed by atoms with E-state index >= 15 is 0 Å². The molecule has 0 spiro atoms. The van der Waals surface area contributed by atoms with Crippen molar-refractivity contribution in [3.05, 3.63) is 86.5 Å². The molecule has 0 saturated heterocycles. The van der Waals surface area contributed by atoms with Crippen LogP contribution in [0.1, 0.15) is 26.4 Å². The van der Waals surface area contributed by atoms with E-state index < -0.39 is 0 Å². The summed E-state index contributed by atoms with van der Waals surface area (Å²) in [6.45, 7) is 3.75. The van der Waals surface area contributed by atoms with Crippen LogP contribution in [0.2, 0.25) is 0 Å². The number of aryl methyl sites for hydroxylation is 1. The third-order valence-corrected chi connectivity index (χ3v) is 8.52. The molecule has 1 aliphatic rings. The number of nitrogens with zero attached hydrogens (tertiary/aromatic N) is 5. The summed E-state index contributed by atoms with van der Waals surface area (Å²) >= 11 is 2.99. The molecule has 5 aromatic rings. The predicted octanol–water partition coefficient (Wildman–Crippen LogP) is 4.37. The molecule has 4 heterocycles. The van der Waals surface area contributed by atoms with Crippen LogP contribution >= 0.6 is 23.1 Å². The number of carbonyl (C=O) groups is 1. The molecule has 0 aliphatic carbocycles. The van der Waals surface area contributed by atoms with E-state index in [1.807, 2.05) is 65.9 Å². The highest BCUT2D eigenvalue weighted by Crippen LogP contribution is 2.35. The molecule has 0 radical (unpaired) electrons. The second kappa shape index (κ2) is 8.75. The smallest absolute Gasteiger partial charge is 0.268 e. The van der Waals surface area contributed by atoms with Gasteiger partial charge < -0.3 is 4.90 Å². The molecule has 0 atom stereocenters. The van der Waals surface area contributed by atoms with Crippen LogP contribution < -0.4 is 5.56 Å². The largest absolute Gasteiger partial charge is 0.301 e. The summed E-state index contributed by atoms with van der Waals surface area (Å²) in [5.41, 5.74) is 3.60. The third kappa shape index (κ3) is 3.80. The number of likely N-dealkylation sites (N-methyl/N-ethyl adjacent to an activating group) is 1. The molecule has 0 amide bonds. The van der Waals surface area contributed by atoms with Crippen LogP contribution in [0, 0.1) is 6.92 Å². The van der Waals surface area contributed by atoms with Crippen molar-refractivity contribution >= 4 is 44.9 Å². The van der Waals surface area contributed by atoms with E-state index in [0.29, 0.717) is 16.5 Å².